The fourth-order valence-corrected chi connectivity index (χ4v) is 15.6. The first-order valence-corrected chi connectivity index (χ1v) is 35.0. The molecule has 0 radical (unpaired) electrons. The molecule has 12 nitrogen and oxygen atoms in total. The molecule has 0 aliphatic heterocycles. The molecule has 92 heavy (non-hydrogen) atoms. The Kier molecular flexibility index (Phi) is 23.0. The van der Waals surface area contributed by atoms with Gasteiger partial charge in [-0.3, -0.25) is 28.8 Å². The maximum Gasteiger partial charge on any atom is 0.253 e. The third-order valence-corrected chi connectivity index (χ3v) is 21.1. The zero-order chi connectivity index (χ0) is 64.4. The summed E-state index contributed by atoms with van der Waals surface area (Å²) in [6.45, 7) is 6.03. The first-order valence-electron chi connectivity index (χ1n) is 34.3. The van der Waals surface area contributed by atoms with Crippen molar-refractivity contribution in [2.24, 2.45) is 14.1 Å². The van der Waals surface area contributed by atoms with Crippen LogP contribution < -0.4 is 11.1 Å². The lowest BCUT2D eigenvalue weighted by atomic mass is 9.84. The minimum atomic E-state index is 0.0334. The Balaban J connectivity index is 0.000000127. The summed E-state index contributed by atoms with van der Waals surface area (Å²) in [4.78, 5) is 71.1. The van der Waals surface area contributed by atoms with Crippen LogP contribution in [-0.2, 0) is 130 Å². The van der Waals surface area contributed by atoms with E-state index in [0.29, 0.717) is 125 Å². The summed E-state index contributed by atoms with van der Waals surface area (Å²) in [5.74, 6) is 1.29. The Morgan fingerprint density at radius 3 is 1.24 bits per heavy atom. The molecular formula is C78H92Cl2N2O10. The third kappa shape index (κ3) is 17.0. The van der Waals surface area contributed by atoms with E-state index in [1.54, 1.807) is 23.2 Å². The molecule has 0 amide bonds. The molecule has 2 heterocycles. The number of pyridine rings is 2. The average molecular weight is 1290 g/mol. The van der Waals surface area contributed by atoms with Crippen LogP contribution in [0.2, 0.25) is 10.0 Å². The number of hydrogen-bond donors (Lipinski definition) is 0. The van der Waals surface area contributed by atoms with Gasteiger partial charge in [-0.1, -0.05) is 111 Å². The number of nitrogens with zero attached hydrogens (tertiary/aromatic N) is 2. The van der Waals surface area contributed by atoms with Crippen LogP contribution in [0.4, 0.5) is 0 Å². The van der Waals surface area contributed by atoms with Crippen LogP contribution >= 0.6 is 23.2 Å². The number of rotatable bonds is 14. The van der Waals surface area contributed by atoms with E-state index in [-0.39, 0.29) is 11.1 Å². The predicted molar refractivity (Wildman–Crippen MR) is 363 cm³/mol. The van der Waals surface area contributed by atoms with Gasteiger partial charge in [-0.05, 0) is 204 Å². The summed E-state index contributed by atoms with van der Waals surface area (Å²) in [5, 5.41) is 1.57. The number of aryl methyl sites for hydroxylation is 6. The monoisotopic (exact) mass is 1290 g/mol. The van der Waals surface area contributed by atoms with Gasteiger partial charge in [0.1, 0.15) is 23.1 Å². The van der Waals surface area contributed by atoms with E-state index in [9.17, 15) is 28.8 Å². The van der Waals surface area contributed by atoms with Crippen LogP contribution in [0, 0.1) is 13.8 Å². The van der Waals surface area contributed by atoms with Gasteiger partial charge >= 0.3 is 0 Å². The second-order valence-corrected chi connectivity index (χ2v) is 28.1. The SMILES string of the molecule is Cc1cc(-c2cc3c(cc2COC2CCCC2)CC(=O)CC3)cn(C)c1=O.Cc1cc(-c2ccc3c(c2COC2CCCC2)CCC(=O)C3)cn(C)c1=O.O=C1CCc2c(ccc(Cl)c2COC2CCCC2)C1.O=C1CCc2cc(Cl)c(COC3CCCC3)cc2C1. The fourth-order valence-electron chi connectivity index (χ4n) is 15.1. The number of aromatic nitrogens is 2. The molecule has 4 saturated carbocycles. The van der Waals surface area contributed by atoms with Gasteiger partial charge in [0, 0.05) is 99.0 Å². The average Bonchev–Trinajstić information content (AvgIpc) is 1.17. The molecule has 8 aliphatic carbocycles. The molecular weight excluding hydrogens is 1200 g/mol. The second-order valence-electron chi connectivity index (χ2n) is 27.3. The highest BCUT2D eigenvalue weighted by molar-refractivity contribution is 6.31. The predicted octanol–water partition coefficient (Wildman–Crippen LogP) is 15.5. The summed E-state index contributed by atoms with van der Waals surface area (Å²) in [6, 6.07) is 20.5. The van der Waals surface area contributed by atoms with E-state index in [2.05, 4.69) is 30.3 Å². The van der Waals surface area contributed by atoms with Gasteiger partial charge in [0.25, 0.3) is 11.1 Å². The Morgan fingerprint density at radius 1 is 0.380 bits per heavy atom. The van der Waals surface area contributed by atoms with Gasteiger partial charge in [0.2, 0.25) is 0 Å². The van der Waals surface area contributed by atoms with Crippen molar-refractivity contribution in [1.29, 1.82) is 0 Å². The van der Waals surface area contributed by atoms with E-state index >= 15 is 0 Å². The van der Waals surface area contributed by atoms with Gasteiger partial charge in [0.05, 0.1) is 50.8 Å². The minimum Gasteiger partial charge on any atom is -0.374 e. The second kappa shape index (κ2) is 31.4. The number of carbonyl (C=O) groups is 4. The maximum atomic E-state index is 12.1. The van der Waals surface area contributed by atoms with E-state index in [0.717, 1.165) is 134 Å². The Morgan fingerprint density at radius 2 is 0.761 bits per heavy atom. The summed E-state index contributed by atoms with van der Waals surface area (Å²) in [7, 11) is 3.59. The van der Waals surface area contributed by atoms with Crippen LogP contribution in [-0.4, -0.2) is 56.7 Å². The maximum absolute atomic E-state index is 12.1. The molecule has 0 unspecified atom stereocenters. The normalized spacial score (nSPS) is 18.3. The number of halogens is 2. The lowest BCUT2D eigenvalue weighted by molar-refractivity contribution is -0.119. The molecule has 488 valence electrons. The molecule has 14 heteroatoms. The third-order valence-electron chi connectivity index (χ3n) is 20.4. The van der Waals surface area contributed by atoms with Crippen LogP contribution in [0.5, 0.6) is 0 Å². The minimum absolute atomic E-state index is 0.0334. The fraction of sp³-hybridized carbons (Fsp3) is 0.513. The molecule has 4 fully saturated rings. The summed E-state index contributed by atoms with van der Waals surface area (Å²) < 4.78 is 27.7. The van der Waals surface area contributed by atoms with Crippen molar-refractivity contribution >= 4 is 46.3 Å². The first kappa shape index (κ1) is 67.3. The number of fused-ring (bicyclic) bond motifs is 4. The number of ketones is 4. The summed E-state index contributed by atoms with van der Waals surface area (Å²) in [5.41, 5.74) is 19.9. The van der Waals surface area contributed by atoms with Crippen molar-refractivity contribution in [2.45, 2.75) is 244 Å². The van der Waals surface area contributed by atoms with Crippen LogP contribution in [0.15, 0.2) is 82.6 Å². The lowest BCUT2D eigenvalue weighted by Crippen LogP contribution is -2.20. The molecule has 8 aliphatic rings. The van der Waals surface area contributed by atoms with Gasteiger partial charge in [0.15, 0.2) is 0 Å². The van der Waals surface area contributed by atoms with Crippen molar-refractivity contribution < 1.29 is 38.1 Å². The Hall–Kier alpha value is -6.12. The van der Waals surface area contributed by atoms with Gasteiger partial charge < -0.3 is 28.1 Å². The number of ether oxygens (including phenoxy) is 4. The van der Waals surface area contributed by atoms with E-state index in [1.807, 2.05) is 56.6 Å². The quantitative estimate of drug-likeness (QED) is 0.103. The number of carbonyl (C=O) groups excluding carboxylic acids is 4. The molecule has 4 aromatic carbocycles. The molecule has 2 aromatic heterocycles. The molecule has 0 saturated heterocycles. The standard InChI is InChI=1S/2C23H27NO3.2C16H19ClO2/c1-15-11-17(13-24(2)23(15)26)21-9-7-16-12-18(25)8-10-20(16)22(21)14-27-19-5-3-4-6-19;1-15-9-18(13-24(2)23(15)26)22-12-16-7-8-20(25)11-17(16)10-19(22)14-27-21-5-3-4-6-21;17-16-8-5-11-9-12(18)6-7-14(11)15(16)10-19-13-3-1-2-4-13;17-16-9-11-5-6-14(18)8-12(11)7-13(16)10-19-15-3-1-2-4-15/h7,9,11,13,19H,3-6,8,10,12,14H2,1-2H3;9-10,12-13,21H,3-8,11,14H2,1-2H3;5,8,13H,1-4,6-7,9-10H2;7,9,15H,1-6,8,10H2. The lowest BCUT2D eigenvalue weighted by Gasteiger charge is -2.23. The zero-order valence-electron chi connectivity index (χ0n) is 54.6. The molecule has 0 atom stereocenters. The molecule has 14 rings (SSSR count). The van der Waals surface area contributed by atoms with Gasteiger partial charge in [-0.25, -0.2) is 0 Å². The van der Waals surface area contributed by atoms with E-state index in [1.165, 1.54) is 105 Å². The van der Waals surface area contributed by atoms with Gasteiger partial charge in [-0.15, -0.1) is 0 Å². The number of Topliss-reactive ketones (excluding diaryl/α,β-unsaturated/α-hetero) is 4. The molecule has 0 N–H and O–H groups in total. The van der Waals surface area contributed by atoms with Crippen molar-refractivity contribution in [3.63, 3.8) is 0 Å². The largest absolute Gasteiger partial charge is 0.374 e. The topological polar surface area (TPSA) is 149 Å². The van der Waals surface area contributed by atoms with Crippen LogP contribution in [0.1, 0.15) is 206 Å². The Labute approximate surface area is 553 Å². The summed E-state index contributed by atoms with van der Waals surface area (Å²) in [6.07, 6.45) is 32.6. The number of benzene rings is 4. The highest BCUT2D eigenvalue weighted by Gasteiger charge is 2.27. The molecule has 0 bridgehead atoms. The van der Waals surface area contributed by atoms with Crippen LogP contribution in [0.25, 0.3) is 22.3 Å². The zero-order valence-corrected chi connectivity index (χ0v) is 56.1. The first-order chi connectivity index (χ1) is 44.5. The smallest absolute Gasteiger partial charge is 0.253 e. The van der Waals surface area contributed by atoms with Crippen molar-refractivity contribution in [3.05, 3.63) is 182 Å². The van der Waals surface area contributed by atoms with E-state index in [4.69, 9.17) is 42.1 Å². The highest BCUT2D eigenvalue weighted by atomic mass is 35.5. The molecule has 6 aromatic rings. The van der Waals surface area contributed by atoms with Crippen molar-refractivity contribution in [3.8, 4) is 22.3 Å². The highest BCUT2D eigenvalue weighted by Crippen LogP contribution is 2.37. The summed E-state index contributed by atoms with van der Waals surface area (Å²) >= 11 is 12.6. The Bertz CT molecular complexity index is 3680. The van der Waals surface area contributed by atoms with E-state index < -0.39 is 0 Å². The van der Waals surface area contributed by atoms with Crippen molar-refractivity contribution in [2.75, 3.05) is 0 Å². The number of hydrogen-bond acceptors (Lipinski definition) is 10. The van der Waals surface area contributed by atoms with Crippen LogP contribution in [0.3, 0.4) is 0 Å². The molecule has 0 spiro atoms. The van der Waals surface area contributed by atoms with Gasteiger partial charge in [-0.2, -0.15) is 0 Å². The van der Waals surface area contributed by atoms with Crippen molar-refractivity contribution in [1.82, 2.24) is 9.13 Å².